The van der Waals surface area contributed by atoms with Gasteiger partial charge in [0.25, 0.3) is 5.78 Å². The number of rotatable bonds is 5. The van der Waals surface area contributed by atoms with Gasteiger partial charge in [0, 0.05) is 6.07 Å². The zero-order chi connectivity index (χ0) is 21.4. The molecule has 162 valence electrons. The number of benzene rings is 2. The molecule has 0 aromatic heterocycles. The van der Waals surface area contributed by atoms with E-state index >= 15 is 0 Å². The molecular formula is C23H26N3O5+. The van der Waals surface area contributed by atoms with Gasteiger partial charge >= 0.3 is 5.91 Å². The van der Waals surface area contributed by atoms with E-state index < -0.39 is 11.7 Å². The fourth-order valence-electron chi connectivity index (χ4n) is 4.43. The fourth-order valence-corrected chi connectivity index (χ4v) is 4.43. The molecule has 0 aliphatic carbocycles. The second-order valence-corrected chi connectivity index (χ2v) is 7.87. The number of quaternary nitrogens is 1. The van der Waals surface area contributed by atoms with Crippen LogP contribution in [0.2, 0.25) is 0 Å². The lowest BCUT2D eigenvalue weighted by molar-refractivity contribution is -0.899. The van der Waals surface area contributed by atoms with E-state index in [4.69, 9.17) is 14.2 Å². The Morgan fingerprint density at radius 3 is 2.45 bits per heavy atom. The lowest BCUT2D eigenvalue weighted by Crippen LogP contribution is -3.16. The molecule has 8 heteroatoms. The van der Waals surface area contributed by atoms with Crippen LogP contribution in [0.1, 0.15) is 17.3 Å². The van der Waals surface area contributed by atoms with E-state index in [0.717, 1.165) is 37.6 Å². The Kier molecular flexibility index (Phi) is 5.15. The minimum atomic E-state index is -0.478. The molecule has 3 heterocycles. The van der Waals surface area contributed by atoms with E-state index in [-0.39, 0.29) is 0 Å². The number of hydrogen-bond acceptors (Lipinski definition) is 6. The van der Waals surface area contributed by atoms with E-state index in [1.54, 1.807) is 17.0 Å². The summed E-state index contributed by atoms with van der Waals surface area (Å²) in [6.45, 7) is 7.40. The number of nitrogens with one attached hydrogen (secondary N) is 1. The van der Waals surface area contributed by atoms with Gasteiger partial charge in [-0.25, -0.2) is 0 Å². The van der Waals surface area contributed by atoms with E-state index in [1.165, 1.54) is 4.90 Å². The smallest absolute Gasteiger partial charge is 0.303 e. The number of anilines is 2. The number of fused-ring (bicyclic) bond motifs is 2. The topological polar surface area (TPSA) is 72.8 Å². The van der Waals surface area contributed by atoms with Gasteiger partial charge in [0.1, 0.15) is 19.0 Å². The molecule has 0 radical (unpaired) electrons. The molecular weight excluding hydrogens is 398 g/mol. The zero-order valence-corrected chi connectivity index (χ0v) is 17.6. The number of nitrogens with zero attached hydrogens (tertiary/aromatic N) is 2. The Balaban J connectivity index is 1.29. The van der Waals surface area contributed by atoms with Crippen LogP contribution in [-0.4, -0.2) is 64.4 Å². The molecule has 3 aliphatic heterocycles. The third-order valence-corrected chi connectivity index (χ3v) is 5.99. The molecule has 0 unspecified atom stereocenters. The third-order valence-electron chi connectivity index (χ3n) is 5.99. The van der Waals surface area contributed by atoms with Crippen LogP contribution in [0.25, 0.3) is 0 Å². The van der Waals surface area contributed by atoms with Crippen LogP contribution in [0.4, 0.5) is 11.4 Å². The lowest BCUT2D eigenvalue weighted by atomic mass is 10.1. The highest BCUT2D eigenvalue weighted by molar-refractivity contribution is 6.52. The van der Waals surface area contributed by atoms with Crippen molar-refractivity contribution in [2.45, 2.75) is 6.92 Å². The first kappa shape index (κ1) is 19.7. The summed E-state index contributed by atoms with van der Waals surface area (Å²) >= 11 is 0. The number of ketones is 1. The average molecular weight is 424 g/mol. The summed E-state index contributed by atoms with van der Waals surface area (Å²) in [6.07, 6.45) is 0. The lowest BCUT2D eigenvalue weighted by Gasteiger charge is -2.35. The highest BCUT2D eigenvalue weighted by Gasteiger charge is 2.40. The Hall–Kier alpha value is -3.26. The van der Waals surface area contributed by atoms with Gasteiger partial charge in [-0.2, -0.15) is 0 Å². The third kappa shape index (κ3) is 3.57. The molecule has 5 rings (SSSR count). The quantitative estimate of drug-likeness (QED) is 0.715. The molecule has 3 aliphatic rings. The van der Waals surface area contributed by atoms with Crippen LogP contribution >= 0.6 is 0 Å². The van der Waals surface area contributed by atoms with Crippen LogP contribution in [0.15, 0.2) is 36.4 Å². The standard InChI is InChI=1S/C23H25N3O5/c1-2-29-19-6-4-3-5-17(19)25-9-7-24(8-10-25)15-26-18-14-21-20(30-11-12-31-21)13-16(18)22(27)23(26)28/h3-6,13-14H,2,7-12,15H2,1H3/p+1. The molecule has 0 bridgehead atoms. The summed E-state index contributed by atoms with van der Waals surface area (Å²) in [7, 11) is 0. The van der Waals surface area contributed by atoms with Gasteiger partial charge in [-0.1, -0.05) is 12.1 Å². The number of carbonyl (C=O) groups excluding carboxylic acids is 2. The molecule has 31 heavy (non-hydrogen) atoms. The van der Waals surface area contributed by atoms with Crippen molar-refractivity contribution in [3.63, 3.8) is 0 Å². The molecule has 0 saturated carbocycles. The fraction of sp³-hybridized carbons (Fsp3) is 0.391. The Morgan fingerprint density at radius 1 is 1.00 bits per heavy atom. The van der Waals surface area contributed by atoms with Gasteiger partial charge < -0.3 is 24.0 Å². The minimum absolute atomic E-state index is 0.401. The van der Waals surface area contributed by atoms with E-state index in [1.807, 2.05) is 25.1 Å². The maximum atomic E-state index is 12.7. The van der Waals surface area contributed by atoms with Gasteiger partial charge in [-0.05, 0) is 25.1 Å². The van der Waals surface area contributed by atoms with Crippen molar-refractivity contribution in [1.82, 2.24) is 0 Å². The van der Waals surface area contributed by atoms with Gasteiger partial charge in [-0.15, -0.1) is 0 Å². The van der Waals surface area contributed by atoms with E-state index in [2.05, 4.69) is 11.0 Å². The highest BCUT2D eigenvalue weighted by Crippen LogP contribution is 2.40. The number of para-hydroxylation sites is 2. The maximum Gasteiger partial charge on any atom is 0.303 e. The number of piperazine rings is 1. The monoisotopic (exact) mass is 424 g/mol. The Morgan fingerprint density at radius 2 is 1.71 bits per heavy atom. The van der Waals surface area contributed by atoms with Crippen molar-refractivity contribution in [2.24, 2.45) is 0 Å². The maximum absolute atomic E-state index is 12.7. The van der Waals surface area contributed by atoms with Crippen molar-refractivity contribution in [1.29, 1.82) is 0 Å². The van der Waals surface area contributed by atoms with Crippen molar-refractivity contribution in [3.8, 4) is 17.2 Å². The average Bonchev–Trinajstić information content (AvgIpc) is 3.03. The molecule has 2 aromatic rings. The Labute approximate surface area is 180 Å². The van der Waals surface area contributed by atoms with Crippen LogP contribution in [0.5, 0.6) is 17.2 Å². The molecule has 8 nitrogen and oxygen atoms in total. The van der Waals surface area contributed by atoms with Gasteiger partial charge in [0.2, 0.25) is 0 Å². The number of ether oxygens (including phenoxy) is 3. The van der Waals surface area contributed by atoms with Crippen molar-refractivity contribution in [3.05, 3.63) is 42.0 Å². The van der Waals surface area contributed by atoms with Crippen molar-refractivity contribution >= 4 is 23.1 Å². The summed E-state index contributed by atoms with van der Waals surface area (Å²) in [5, 5.41) is 0. The predicted octanol–water partition coefficient (Wildman–Crippen LogP) is 0.748. The van der Waals surface area contributed by atoms with Gasteiger partial charge in [0.15, 0.2) is 18.2 Å². The number of carbonyl (C=O) groups is 2. The summed E-state index contributed by atoms with van der Waals surface area (Å²) in [6, 6.07) is 11.5. The molecule has 2 aromatic carbocycles. The predicted molar refractivity (Wildman–Crippen MR) is 115 cm³/mol. The SMILES string of the molecule is CCOc1ccccc1N1CC[NH+](CN2C(=O)C(=O)c3cc4c(cc32)OCCO4)CC1. The largest absolute Gasteiger partial charge is 0.492 e. The molecule has 1 saturated heterocycles. The summed E-state index contributed by atoms with van der Waals surface area (Å²) in [4.78, 5) is 30.4. The molecule has 1 N–H and O–H groups in total. The van der Waals surface area contributed by atoms with Crippen LogP contribution < -0.4 is 28.9 Å². The van der Waals surface area contributed by atoms with Gasteiger partial charge in [-0.3, -0.25) is 14.5 Å². The zero-order valence-electron chi connectivity index (χ0n) is 17.6. The minimum Gasteiger partial charge on any atom is -0.492 e. The highest BCUT2D eigenvalue weighted by atomic mass is 16.6. The number of amides is 1. The number of Topliss-reactive ketones (excluding diaryl/α,β-unsaturated/α-hetero) is 1. The molecule has 0 atom stereocenters. The molecule has 0 spiro atoms. The first-order chi connectivity index (χ1) is 15.2. The van der Waals surface area contributed by atoms with Crippen molar-refractivity contribution in [2.75, 3.05) is 62.5 Å². The first-order valence-corrected chi connectivity index (χ1v) is 10.8. The van der Waals surface area contributed by atoms with Crippen LogP contribution in [-0.2, 0) is 4.79 Å². The van der Waals surface area contributed by atoms with Crippen molar-refractivity contribution < 1.29 is 28.7 Å². The van der Waals surface area contributed by atoms with Gasteiger partial charge in [0.05, 0.1) is 49.7 Å². The van der Waals surface area contributed by atoms with Crippen LogP contribution in [0.3, 0.4) is 0 Å². The molecule has 1 amide bonds. The van der Waals surface area contributed by atoms with Crippen LogP contribution in [0, 0.1) is 0 Å². The number of hydrogen-bond donors (Lipinski definition) is 1. The summed E-state index contributed by atoms with van der Waals surface area (Å²) < 4.78 is 17.0. The molecule has 1 fully saturated rings. The summed E-state index contributed by atoms with van der Waals surface area (Å²) in [5.74, 6) is 1.06. The Bertz CT molecular complexity index is 1020. The van der Waals surface area contributed by atoms with E-state index in [9.17, 15) is 9.59 Å². The first-order valence-electron chi connectivity index (χ1n) is 10.8. The normalized spacial score (nSPS) is 18.4. The van der Waals surface area contributed by atoms with E-state index in [0.29, 0.717) is 49.2 Å². The second-order valence-electron chi connectivity index (χ2n) is 7.87. The second kappa shape index (κ2) is 8.11. The summed E-state index contributed by atoms with van der Waals surface area (Å²) in [5.41, 5.74) is 2.12.